The van der Waals surface area contributed by atoms with E-state index in [0.29, 0.717) is 6.54 Å². The third-order valence-electron chi connectivity index (χ3n) is 3.36. The van der Waals surface area contributed by atoms with Gasteiger partial charge in [0.1, 0.15) is 6.04 Å². The number of carboxylic acid groups (broad SMARTS) is 1. The number of hydrogen-bond acceptors (Lipinski definition) is 3. The minimum absolute atomic E-state index is 0.0606. The Morgan fingerprint density at radius 3 is 2.18 bits per heavy atom. The van der Waals surface area contributed by atoms with Gasteiger partial charge in [0.05, 0.1) is 0 Å². The molecule has 22 heavy (non-hydrogen) atoms. The van der Waals surface area contributed by atoms with Crippen molar-refractivity contribution in [2.45, 2.75) is 36.2 Å². The topological polar surface area (TPSA) is 49.3 Å². The molecule has 0 aliphatic carbocycles. The Morgan fingerprint density at radius 2 is 1.64 bits per heavy atom. The van der Waals surface area contributed by atoms with Crippen LogP contribution >= 0.6 is 11.8 Å². The summed E-state index contributed by atoms with van der Waals surface area (Å²) in [5.74, 6) is -0.739. The van der Waals surface area contributed by atoms with E-state index < -0.39 is 12.0 Å². The minimum atomic E-state index is -0.800. The van der Waals surface area contributed by atoms with Crippen LogP contribution in [0.1, 0.15) is 19.4 Å². The number of rotatable bonds is 7. The summed E-state index contributed by atoms with van der Waals surface area (Å²) >= 11 is 1.72. The Labute approximate surface area is 135 Å². The van der Waals surface area contributed by atoms with E-state index in [9.17, 15) is 4.79 Å². The first-order chi connectivity index (χ1) is 10.6. The van der Waals surface area contributed by atoms with Crippen molar-refractivity contribution in [2.24, 2.45) is 5.92 Å². The van der Waals surface area contributed by atoms with Crippen LogP contribution < -0.4 is 5.32 Å². The van der Waals surface area contributed by atoms with Gasteiger partial charge in [-0.1, -0.05) is 55.9 Å². The molecule has 0 saturated heterocycles. The fraction of sp³-hybridized carbons (Fsp3) is 0.278. The highest BCUT2D eigenvalue weighted by molar-refractivity contribution is 7.99. The molecule has 4 heteroatoms. The molecule has 3 nitrogen and oxygen atoms in total. The number of hydrogen-bond donors (Lipinski definition) is 2. The van der Waals surface area contributed by atoms with Crippen molar-refractivity contribution in [3.63, 3.8) is 0 Å². The van der Waals surface area contributed by atoms with Crippen LogP contribution in [0.3, 0.4) is 0 Å². The molecule has 2 aromatic carbocycles. The van der Waals surface area contributed by atoms with E-state index in [0.717, 1.165) is 5.56 Å². The molecule has 1 atom stereocenters. The summed E-state index contributed by atoms with van der Waals surface area (Å²) in [5.41, 5.74) is 1.09. The van der Waals surface area contributed by atoms with Crippen molar-refractivity contribution in [1.29, 1.82) is 0 Å². The summed E-state index contributed by atoms with van der Waals surface area (Å²) in [6.07, 6.45) is 0. The molecule has 0 fully saturated rings. The van der Waals surface area contributed by atoms with Gasteiger partial charge < -0.3 is 10.4 Å². The van der Waals surface area contributed by atoms with Gasteiger partial charge in [0.15, 0.2) is 0 Å². The Bertz CT molecular complexity index is 596. The SMILES string of the molecule is CC(C)[C@@H](NCc1ccc(Sc2ccccc2)cc1)C(=O)O. The van der Waals surface area contributed by atoms with E-state index in [1.54, 1.807) is 11.8 Å². The molecule has 2 aromatic rings. The van der Waals surface area contributed by atoms with Crippen LogP contribution in [-0.4, -0.2) is 17.1 Å². The highest BCUT2D eigenvalue weighted by Crippen LogP contribution is 2.27. The lowest BCUT2D eigenvalue weighted by Crippen LogP contribution is -2.40. The Hall–Kier alpha value is -1.78. The third kappa shape index (κ3) is 4.90. The van der Waals surface area contributed by atoms with Crippen molar-refractivity contribution in [2.75, 3.05) is 0 Å². The first-order valence-electron chi connectivity index (χ1n) is 7.34. The van der Waals surface area contributed by atoms with Crippen molar-refractivity contribution < 1.29 is 9.90 Å². The van der Waals surface area contributed by atoms with Crippen LogP contribution in [-0.2, 0) is 11.3 Å². The molecular weight excluding hydrogens is 294 g/mol. The van der Waals surface area contributed by atoms with Crippen molar-refractivity contribution in [3.8, 4) is 0 Å². The van der Waals surface area contributed by atoms with Crippen LogP contribution in [0.4, 0.5) is 0 Å². The maximum absolute atomic E-state index is 11.2. The average molecular weight is 315 g/mol. The molecule has 0 aliphatic rings. The van der Waals surface area contributed by atoms with E-state index in [1.807, 2.05) is 44.2 Å². The summed E-state index contributed by atoms with van der Waals surface area (Å²) < 4.78 is 0. The highest BCUT2D eigenvalue weighted by Gasteiger charge is 2.20. The molecule has 116 valence electrons. The molecule has 0 aromatic heterocycles. The molecule has 0 radical (unpaired) electrons. The summed E-state index contributed by atoms with van der Waals surface area (Å²) in [4.78, 5) is 13.5. The monoisotopic (exact) mass is 315 g/mol. The van der Waals surface area contributed by atoms with Crippen LogP contribution in [0.5, 0.6) is 0 Å². The second-order valence-electron chi connectivity index (χ2n) is 5.50. The minimum Gasteiger partial charge on any atom is -0.480 e. The van der Waals surface area contributed by atoms with E-state index in [-0.39, 0.29) is 5.92 Å². The average Bonchev–Trinajstić information content (AvgIpc) is 2.49. The quantitative estimate of drug-likeness (QED) is 0.809. The Balaban J connectivity index is 1.93. The van der Waals surface area contributed by atoms with E-state index in [4.69, 9.17) is 5.11 Å². The van der Waals surface area contributed by atoms with Gasteiger partial charge in [-0.3, -0.25) is 4.79 Å². The van der Waals surface area contributed by atoms with E-state index >= 15 is 0 Å². The molecule has 0 heterocycles. The molecule has 0 spiro atoms. The first kappa shape index (κ1) is 16.6. The number of carboxylic acids is 1. The fourth-order valence-corrected chi connectivity index (χ4v) is 2.97. The van der Waals surface area contributed by atoms with Crippen molar-refractivity contribution in [1.82, 2.24) is 5.32 Å². The van der Waals surface area contributed by atoms with Gasteiger partial charge in [0, 0.05) is 16.3 Å². The van der Waals surface area contributed by atoms with Crippen LogP contribution in [0, 0.1) is 5.92 Å². The summed E-state index contributed by atoms with van der Waals surface area (Å²) in [6.45, 7) is 4.38. The van der Waals surface area contributed by atoms with Crippen LogP contribution in [0.15, 0.2) is 64.4 Å². The lowest BCUT2D eigenvalue weighted by molar-refractivity contribution is -0.140. The summed E-state index contributed by atoms with van der Waals surface area (Å²) in [5, 5.41) is 12.3. The normalized spacial score (nSPS) is 12.3. The van der Waals surface area contributed by atoms with Crippen molar-refractivity contribution in [3.05, 3.63) is 60.2 Å². The Kier molecular flexibility index (Phi) is 6.04. The fourth-order valence-electron chi connectivity index (χ4n) is 2.14. The molecule has 0 aliphatic heterocycles. The lowest BCUT2D eigenvalue weighted by atomic mass is 10.0. The van der Waals surface area contributed by atoms with Crippen molar-refractivity contribution >= 4 is 17.7 Å². The zero-order valence-corrected chi connectivity index (χ0v) is 13.6. The molecular formula is C18H21NO2S. The predicted molar refractivity (Wildman–Crippen MR) is 90.1 cm³/mol. The van der Waals surface area contributed by atoms with Gasteiger partial charge in [0.2, 0.25) is 0 Å². The number of nitrogens with one attached hydrogen (secondary N) is 1. The second kappa shape index (κ2) is 8.01. The summed E-state index contributed by atoms with van der Waals surface area (Å²) in [7, 11) is 0. The van der Waals surface area contributed by atoms with Gasteiger partial charge in [0.25, 0.3) is 0 Å². The molecule has 2 N–H and O–H groups in total. The lowest BCUT2D eigenvalue weighted by Gasteiger charge is -2.18. The molecule has 0 bridgehead atoms. The summed E-state index contributed by atoms with van der Waals surface area (Å²) in [6, 6.07) is 17.9. The predicted octanol–water partition coefficient (Wildman–Crippen LogP) is 4.04. The van der Waals surface area contributed by atoms with Gasteiger partial charge in [-0.25, -0.2) is 0 Å². The maximum Gasteiger partial charge on any atom is 0.320 e. The highest BCUT2D eigenvalue weighted by atomic mass is 32.2. The van der Waals surface area contributed by atoms with Crippen LogP contribution in [0.25, 0.3) is 0 Å². The van der Waals surface area contributed by atoms with E-state index in [1.165, 1.54) is 9.79 Å². The number of aliphatic carboxylic acids is 1. The largest absolute Gasteiger partial charge is 0.480 e. The first-order valence-corrected chi connectivity index (χ1v) is 8.16. The molecule has 2 rings (SSSR count). The zero-order chi connectivity index (χ0) is 15.9. The molecule has 0 amide bonds. The third-order valence-corrected chi connectivity index (χ3v) is 4.38. The Morgan fingerprint density at radius 1 is 1.05 bits per heavy atom. The zero-order valence-electron chi connectivity index (χ0n) is 12.8. The maximum atomic E-state index is 11.2. The number of benzene rings is 2. The van der Waals surface area contributed by atoms with Gasteiger partial charge in [-0.15, -0.1) is 0 Å². The number of carbonyl (C=O) groups is 1. The second-order valence-corrected chi connectivity index (χ2v) is 6.65. The van der Waals surface area contributed by atoms with E-state index in [2.05, 4.69) is 29.6 Å². The van der Waals surface area contributed by atoms with Gasteiger partial charge in [-0.05, 0) is 35.7 Å². The van der Waals surface area contributed by atoms with Crippen LogP contribution in [0.2, 0.25) is 0 Å². The standard InChI is InChI=1S/C18H21NO2S/c1-13(2)17(18(20)21)19-12-14-8-10-16(11-9-14)22-15-6-4-3-5-7-15/h3-11,13,17,19H,12H2,1-2H3,(H,20,21)/t17-/m1/s1. The molecule has 0 unspecified atom stereocenters. The molecule has 0 saturated carbocycles. The van der Waals surface area contributed by atoms with Gasteiger partial charge in [-0.2, -0.15) is 0 Å². The smallest absolute Gasteiger partial charge is 0.320 e. The van der Waals surface area contributed by atoms with Gasteiger partial charge >= 0.3 is 5.97 Å².